The number of hydrogen-bond donors (Lipinski definition) is 3. The highest BCUT2D eigenvalue weighted by Gasteiger charge is 2.08. The van der Waals surface area contributed by atoms with Gasteiger partial charge in [-0.05, 0) is 35.7 Å². The number of primary amides is 1. The molecule has 5 nitrogen and oxygen atoms in total. The Morgan fingerprint density at radius 1 is 1.11 bits per heavy atom. The number of carbonyl (C=O) groups is 1. The molecule has 1 heterocycles. The standard InChI is InChI=1S/C13H14N4O/c14-11-6-8(7-12(15)17-11)5-9-3-1-2-4-10(9)13(16)18/h1-4,6-7H,5H2,(H2,16,18)(H4,14,15,17). The third kappa shape index (κ3) is 2.57. The Bertz CT molecular complexity index is 575. The fourth-order valence-electron chi connectivity index (χ4n) is 1.87. The van der Waals surface area contributed by atoms with Crippen LogP contribution in [0.2, 0.25) is 0 Å². The monoisotopic (exact) mass is 242 g/mol. The number of hydrogen-bond acceptors (Lipinski definition) is 4. The lowest BCUT2D eigenvalue weighted by molar-refractivity contribution is 0.0999. The number of rotatable bonds is 3. The highest BCUT2D eigenvalue weighted by atomic mass is 16.1. The van der Waals surface area contributed by atoms with Crippen LogP contribution < -0.4 is 17.2 Å². The van der Waals surface area contributed by atoms with Crippen LogP contribution in [0, 0.1) is 0 Å². The van der Waals surface area contributed by atoms with Crippen LogP contribution in [0.15, 0.2) is 36.4 Å². The average molecular weight is 242 g/mol. The van der Waals surface area contributed by atoms with E-state index in [2.05, 4.69) is 4.98 Å². The number of nitrogens with two attached hydrogens (primary N) is 3. The molecule has 0 unspecified atom stereocenters. The van der Waals surface area contributed by atoms with Crippen molar-refractivity contribution in [3.63, 3.8) is 0 Å². The number of amides is 1. The summed E-state index contributed by atoms with van der Waals surface area (Å²) < 4.78 is 0. The average Bonchev–Trinajstić information content (AvgIpc) is 2.27. The Morgan fingerprint density at radius 3 is 2.33 bits per heavy atom. The van der Waals surface area contributed by atoms with E-state index in [1.165, 1.54) is 0 Å². The topological polar surface area (TPSA) is 108 Å². The zero-order valence-electron chi connectivity index (χ0n) is 9.76. The Kier molecular flexibility index (Phi) is 3.14. The van der Waals surface area contributed by atoms with Gasteiger partial charge in [0.1, 0.15) is 11.6 Å². The molecule has 0 bridgehead atoms. The van der Waals surface area contributed by atoms with Gasteiger partial charge in [0.05, 0.1) is 0 Å². The number of pyridine rings is 1. The van der Waals surface area contributed by atoms with E-state index in [1.807, 2.05) is 12.1 Å². The van der Waals surface area contributed by atoms with Gasteiger partial charge in [-0.1, -0.05) is 18.2 Å². The molecule has 6 N–H and O–H groups in total. The van der Waals surface area contributed by atoms with E-state index in [-0.39, 0.29) is 0 Å². The molecule has 0 radical (unpaired) electrons. The largest absolute Gasteiger partial charge is 0.384 e. The van der Waals surface area contributed by atoms with Crippen molar-refractivity contribution in [2.45, 2.75) is 6.42 Å². The third-order valence-corrected chi connectivity index (χ3v) is 2.60. The molecule has 0 atom stereocenters. The van der Waals surface area contributed by atoms with Gasteiger partial charge < -0.3 is 17.2 Å². The van der Waals surface area contributed by atoms with Gasteiger partial charge in [0, 0.05) is 5.56 Å². The van der Waals surface area contributed by atoms with E-state index in [9.17, 15) is 4.79 Å². The summed E-state index contributed by atoms with van der Waals surface area (Å²) in [6, 6.07) is 10.6. The second kappa shape index (κ2) is 4.75. The second-order valence-corrected chi connectivity index (χ2v) is 4.02. The Balaban J connectivity index is 2.37. The number of aromatic nitrogens is 1. The molecule has 0 saturated carbocycles. The molecule has 0 aliphatic rings. The van der Waals surface area contributed by atoms with Crippen LogP contribution >= 0.6 is 0 Å². The maximum absolute atomic E-state index is 11.3. The first-order valence-corrected chi connectivity index (χ1v) is 5.46. The zero-order chi connectivity index (χ0) is 13.1. The Hall–Kier alpha value is -2.56. The highest BCUT2D eigenvalue weighted by molar-refractivity contribution is 5.94. The first kappa shape index (κ1) is 11.9. The molecule has 2 aromatic rings. The molecular weight excluding hydrogens is 228 g/mol. The van der Waals surface area contributed by atoms with E-state index < -0.39 is 5.91 Å². The summed E-state index contributed by atoms with van der Waals surface area (Å²) in [4.78, 5) is 15.2. The van der Waals surface area contributed by atoms with E-state index in [4.69, 9.17) is 17.2 Å². The number of benzene rings is 1. The van der Waals surface area contributed by atoms with Gasteiger partial charge in [0.2, 0.25) is 5.91 Å². The molecule has 5 heteroatoms. The molecular formula is C13H14N4O. The molecule has 92 valence electrons. The van der Waals surface area contributed by atoms with Crippen molar-refractivity contribution in [2.75, 3.05) is 11.5 Å². The molecule has 0 aliphatic heterocycles. The van der Waals surface area contributed by atoms with Crippen LogP contribution in [0.4, 0.5) is 11.6 Å². The molecule has 1 aromatic heterocycles. The van der Waals surface area contributed by atoms with Crippen molar-refractivity contribution in [2.24, 2.45) is 5.73 Å². The van der Waals surface area contributed by atoms with Crippen molar-refractivity contribution < 1.29 is 4.79 Å². The van der Waals surface area contributed by atoms with E-state index in [0.717, 1.165) is 11.1 Å². The van der Waals surface area contributed by atoms with Crippen LogP contribution in [0.3, 0.4) is 0 Å². The summed E-state index contributed by atoms with van der Waals surface area (Å²) in [5, 5.41) is 0. The molecule has 0 saturated heterocycles. The fourth-order valence-corrected chi connectivity index (χ4v) is 1.87. The molecule has 1 amide bonds. The molecule has 0 aliphatic carbocycles. The molecule has 2 rings (SSSR count). The van der Waals surface area contributed by atoms with Crippen LogP contribution in [0.1, 0.15) is 21.5 Å². The minimum atomic E-state index is -0.444. The van der Waals surface area contributed by atoms with E-state index in [1.54, 1.807) is 24.3 Å². The summed E-state index contributed by atoms with van der Waals surface area (Å²) >= 11 is 0. The van der Waals surface area contributed by atoms with Crippen molar-refractivity contribution in [3.05, 3.63) is 53.1 Å². The van der Waals surface area contributed by atoms with Gasteiger partial charge in [0.15, 0.2) is 0 Å². The Labute approximate surface area is 105 Å². The Morgan fingerprint density at radius 2 is 1.72 bits per heavy atom. The van der Waals surface area contributed by atoms with Crippen molar-refractivity contribution in [1.29, 1.82) is 0 Å². The van der Waals surface area contributed by atoms with Crippen LogP contribution in [-0.4, -0.2) is 10.9 Å². The summed E-state index contributed by atoms with van der Waals surface area (Å²) in [6.45, 7) is 0. The van der Waals surface area contributed by atoms with Crippen molar-refractivity contribution >= 4 is 17.5 Å². The van der Waals surface area contributed by atoms with E-state index >= 15 is 0 Å². The number of nitrogen functional groups attached to an aromatic ring is 2. The van der Waals surface area contributed by atoms with Crippen LogP contribution in [0.25, 0.3) is 0 Å². The second-order valence-electron chi connectivity index (χ2n) is 4.02. The summed E-state index contributed by atoms with van der Waals surface area (Å²) in [5.41, 5.74) is 18.8. The summed E-state index contributed by atoms with van der Waals surface area (Å²) in [7, 11) is 0. The predicted molar refractivity (Wildman–Crippen MR) is 70.8 cm³/mol. The van der Waals surface area contributed by atoms with Crippen molar-refractivity contribution in [3.8, 4) is 0 Å². The summed E-state index contributed by atoms with van der Waals surface area (Å²) in [5.74, 6) is 0.281. The normalized spacial score (nSPS) is 10.2. The maximum atomic E-state index is 11.3. The molecule has 0 spiro atoms. The smallest absolute Gasteiger partial charge is 0.248 e. The summed E-state index contributed by atoms with van der Waals surface area (Å²) in [6.07, 6.45) is 0.538. The van der Waals surface area contributed by atoms with Gasteiger partial charge in [-0.3, -0.25) is 4.79 Å². The SMILES string of the molecule is NC(=O)c1ccccc1Cc1cc(N)nc(N)c1. The van der Waals surface area contributed by atoms with Gasteiger partial charge in [0.25, 0.3) is 0 Å². The minimum Gasteiger partial charge on any atom is -0.384 e. The first-order valence-electron chi connectivity index (χ1n) is 5.46. The lowest BCUT2D eigenvalue weighted by Crippen LogP contribution is -2.13. The third-order valence-electron chi connectivity index (χ3n) is 2.60. The minimum absolute atomic E-state index is 0.363. The maximum Gasteiger partial charge on any atom is 0.248 e. The molecule has 18 heavy (non-hydrogen) atoms. The van der Waals surface area contributed by atoms with Gasteiger partial charge in [-0.15, -0.1) is 0 Å². The number of carbonyl (C=O) groups excluding carboxylic acids is 1. The molecule has 1 aromatic carbocycles. The van der Waals surface area contributed by atoms with Gasteiger partial charge in [-0.25, -0.2) is 4.98 Å². The lowest BCUT2D eigenvalue weighted by Gasteiger charge is -2.07. The van der Waals surface area contributed by atoms with E-state index in [0.29, 0.717) is 23.6 Å². The zero-order valence-corrected chi connectivity index (χ0v) is 9.76. The first-order chi connectivity index (χ1) is 8.56. The molecule has 0 fully saturated rings. The van der Waals surface area contributed by atoms with Crippen LogP contribution in [0.5, 0.6) is 0 Å². The van der Waals surface area contributed by atoms with Crippen molar-refractivity contribution in [1.82, 2.24) is 4.98 Å². The number of anilines is 2. The van der Waals surface area contributed by atoms with Crippen LogP contribution in [-0.2, 0) is 6.42 Å². The highest BCUT2D eigenvalue weighted by Crippen LogP contribution is 2.17. The number of nitrogens with zero attached hydrogens (tertiary/aromatic N) is 1. The van der Waals surface area contributed by atoms with Gasteiger partial charge >= 0.3 is 0 Å². The van der Waals surface area contributed by atoms with Gasteiger partial charge in [-0.2, -0.15) is 0 Å². The lowest BCUT2D eigenvalue weighted by atomic mass is 10.00. The predicted octanol–water partition coefficient (Wildman–Crippen LogP) is 0.936. The fraction of sp³-hybridized carbons (Fsp3) is 0.0769. The quantitative estimate of drug-likeness (QED) is 0.744.